The maximum Gasteiger partial charge on any atom is 0.253 e. The standard InChI is InChI=1S/C38H44ClN5O3/c1-24-4-10-28(11-5-24)25(2)42-23-32-16-17-36(47-32)34-19-33(35(39)20-37(34)46-3)38(45)44-31(18-26-6-8-27(21-40)9-7-26)22-43-30-14-12-29(41)13-15-30/h4-11,16-17,19-20,25,29-31,42-43H,12-15,18,22-23,41H2,1-3H3,(H,44,45)/t25-,29?,30?,31+/m1/s1. The Kier molecular flexibility index (Phi) is 11.7. The molecule has 0 bridgehead atoms. The molecule has 1 amide bonds. The van der Waals surface area contributed by atoms with Gasteiger partial charge in [0.25, 0.3) is 5.91 Å². The Balaban J connectivity index is 1.31. The molecule has 0 radical (unpaired) electrons. The lowest BCUT2D eigenvalue weighted by Crippen LogP contribution is -2.47. The second-order valence-corrected chi connectivity index (χ2v) is 12.9. The average Bonchev–Trinajstić information content (AvgIpc) is 3.56. The van der Waals surface area contributed by atoms with Crippen molar-refractivity contribution >= 4 is 17.5 Å². The predicted molar refractivity (Wildman–Crippen MR) is 186 cm³/mol. The van der Waals surface area contributed by atoms with Crippen molar-refractivity contribution in [1.29, 1.82) is 5.26 Å². The molecule has 47 heavy (non-hydrogen) atoms. The molecule has 9 heteroatoms. The van der Waals surface area contributed by atoms with Gasteiger partial charge < -0.3 is 30.8 Å². The van der Waals surface area contributed by atoms with Crippen LogP contribution in [0, 0.1) is 18.3 Å². The molecule has 1 aliphatic rings. The molecule has 1 aliphatic carbocycles. The summed E-state index contributed by atoms with van der Waals surface area (Å²) in [6.07, 6.45) is 4.60. The number of hydrogen-bond acceptors (Lipinski definition) is 7. The summed E-state index contributed by atoms with van der Waals surface area (Å²) in [7, 11) is 1.57. The molecule has 4 aromatic rings. The number of rotatable bonds is 13. The maximum absolute atomic E-state index is 13.8. The first-order valence-corrected chi connectivity index (χ1v) is 16.7. The number of furan rings is 1. The number of nitriles is 1. The van der Waals surface area contributed by atoms with E-state index in [0.717, 1.165) is 37.0 Å². The van der Waals surface area contributed by atoms with Gasteiger partial charge in [0.2, 0.25) is 0 Å². The van der Waals surface area contributed by atoms with Crippen LogP contribution in [-0.2, 0) is 13.0 Å². The fraction of sp³-hybridized carbons (Fsp3) is 0.368. The lowest BCUT2D eigenvalue weighted by molar-refractivity contribution is 0.0935. The molecular formula is C38H44ClN5O3. The van der Waals surface area contributed by atoms with Gasteiger partial charge in [0.1, 0.15) is 17.3 Å². The summed E-state index contributed by atoms with van der Waals surface area (Å²) in [4.78, 5) is 13.8. The van der Waals surface area contributed by atoms with Crippen molar-refractivity contribution in [2.75, 3.05) is 13.7 Å². The second kappa shape index (κ2) is 16.1. The van der Waals surface area contributed by atoms with Crippen LogP contribution in [0.3, 0.4) is 0 Å². The van der Waals surface area contributed by atoms with Gasteiger partial charge >= 0.3 is 0 Å². The first kappa shape index (κ1) is 34.2. The van der Waals surface area contributed by atoms with Crippen molar-refractivity contribution in [2.24, 2.45) is 5.73 Å². The summed E-state index contributed by atoms with van der Waals surface area (Å²) in [6, 6.07) is 25.8. The number of nitrogens with two attached hydrogens (primary N) is 1. The summed E-state index contributed by atoms with van der Waals surface area (Å²) in [5, 5.41) is 19.9. The molecule has 5 N–H and O–H groups in total. The molecule has 0 unspecified atom stereocenters. The van der Waals surface area contributed by atoms with Crippen LogP contribution in [0.25, 0.3) is 11.3 Å². The largest absolute Gasteiger partial charge is 0.496 e. The highest BCUT2D eigenvalue weighted by molar-refractivity contribution is 6.34. The highest BCUT2D eigenvalue weighted by Gasteiger charge is 2.23. The zero-order valence-corrected chi connectivity index (χ0v) is 28.1. The Morgan fingerprint density at radius 2 is 1.79 bits per heavy atom. The number of ether oxygens (including phenoxy) is 1. The highest BCUT2D eigenvalue weighted by Crippen LogP contribution is 2.36. The van der Waals surface area contributed by atoms with E-state index in [-0.39, 0.29) is 29.1 Å². The van der Waals surface area contributed by atoms with Crippen molar-refractivity contribution < 1.29 is 13.9 Å². The van der Waals surface area contributed by atoms with Crippen molar-refractivity contribution in [3.63, 3.8) is 0 Å². The number of carbonyl (C=O) groups is 1. The number of nitrogens with one attached hydrogen (secondary N) is 3. The quantitative estimate of drug-likeness (QED) is 0.124. The number of halogens is 1. The van der Waals surface area contributed by atoms with Crippen LogP contribution in [0.1, 0.15) is 77.0 Å². The molecular weight excluding hydrogens is 610 g/mol. The van der Waals surface area contributed by atoms with Gasteiger partial charge in [0.15, 0.2) is 0 Å². The zero-order valence-electron chi connectivity index (χ0n) is 27.3. The van der Waals surface area contributed by atoms with Gasteiger partial charge in [-0.25, -0.2) is 0 Å². The van der Waals surface area contributed by atoms with Gasteiger partial charge in [0, 0.05) is 36.8 Å². The molecule has 8 nitrogen and oxygen atoms in total. The Hall–Kier alpha value is -4.13. The molecule has 0 spiro atoms. The van der Waals surface area contributed by atoms with Crippen LogP contribution < -0.4 is 26.4 Å². The number of hydrogen-bond donors (Lipinski definition) is 4. The number of aryl methyl sites for hydroxylation is 1. The van der Waals surface area contributed by atoms with Crippen molar-refractivity contribution in [2.45, 2.75) is 76.7 Å². The third-order valence-corrected chi connectivity index (χ3v) is 9.26. The fourth-order valence-corrected chi connectivity index (χ4v) is 6.24. The van der Waals surface area contributed by atoms with E-state index in [1.54, 1.807) is 31.4 Å². The summed E-state index contributed by atoms with van der Waals surface area (Å²) in [5.74, 6) is 1.57. The minimum Gasteiger partial charge on any atom is -0.496 e. The van der Waals surface area contributed by atoms with Gasteiger partial charge in [-0.05, 0) is 87.4 Å². The molecule has 0 saturated heterocycles. The van der Waals surface area contributed by atoms with E-state index < -0.39 is 0 Å². The van der Waals surface area contributed by atoms with Crippen molar-refractivity contribution in [1.82, 2.24) is 16.0 Å². The van der Waals surface area contributed by atoms with E-state index in [9.17, 15) is 10.1 Å². The van der Waals surface area contributed by atoms with E-state index in [2.05, 4.69) is 60.1 Å². The van der Waals surface area contributed by atoms with Crippen LogP contribution in [0.5, 0.6) is 5.75 Å². The van der Waals surface area contributed by atoms with E-state index in [0.29, 0.717) is 53.8 Å². The lowest BCUT2D eigenvalue weighted by atomic mass is 9.91. The van der Waals surface area contributed by atoms with Crippen molar-refractivity contribution in [3.8, 4) is 23.1 Å². The minimum absolute atomic E-state index is 0.145. The average molecular weight is 654 g/mol. The van der Waals surface area contributed by atoms with E-state index in [4.69, 9.17) is 26.5 Å². The Labute approximate surface area is 282 Å². The van der Waals surface area contributed by atoms with Crippen LogP contribution in [-0.4, -0.2) is 37.7 Å². The molecule has 1 fully saturated rings. The van der Waals surface area contributed by atoms with Gasteiger partial charge in [-0.3, -0.25) is 4.79 Å². The fourth-order valence-electron chi connectivity index (χ4n) is 6.00. The summed E-state index contributed by atoms with van der Waals surface area (Å²) >= 11 is 6.67. The smallest absolute Gasteiger partial charge is 0.253 e. The monoisotopic (exact) mass is 653 g/mol. The Bertz CT molecular complexity index is 1670. The minimum atomic E-state index is -0.287. The summed E-state index contributed by atoms with van der Waals surface area (Å²) in [5.41, 5.74) is 11.1. The van der Waals surface area contributed by atoms with E-state index >= 15 is 0 Å². The molecule has 2 atom stereocenters. The number of benzene rings is 3. The van der Waals surface area contributed by atoms with E-state index in [1.807, 2.05) is 24.3 Å². The highest BCUT2D eigenvalue weighted by atomic mass is 35.5. The Morgan fingerprint density at radius 3 is 2.47 bits per heavy atom. The van der Waals surface area contributed by atoms with Crippen LogP contribution in [0.4, 0.5) is 0 Å². The maximum atomic E-state index is 13.8. The molecule has 1 heterocycles. The third-order valence-electron chi connectivity index (χ3n) is 8.95. The van der Waals surface area contributed by atoms with Gasteiger partial charge in [-0.15, -0.1) is 0 Å². The van der Waals surface area contributed by atoms with Crippen molar-refractivity contribution in [3.05, 3.63) is 111 Å². The van der Waals surface area contributed by atoms with E-state index in [1.165, 1.54) is 11.1 Å². The molecule has 1 aromatic heterocycles. The van der Waals surface area contributed by atoms with Gasteiger partial charge in [-0.2, -0.15) is 5.26 Å². The predicted octanol–water partition coefficient (Wildman–Crippen LogP) is 6.84. The normalized spacial score (nSPS) is 17.4. The lowest BCUT2D eigenvalue weighted by Gasteiger charge is -2.29. The summed E-state index contributed by atoms with van der Waals surface area (Å²) in [6.45, 7) is 5.32. The topological polar surface area (TPSA) is 125 Å². The number of amides is 1. The van der Waals surface area contributed by atoms with Crippen LogP contribution in [0.2, 0.25) is 5.02 Å². The summed E-state index contributed by atoms with van der Waals surface area (Å²) < 4.78 is 11.9. The second-order valence-electron chi connectivity index (χ2n) is 12.5. The number of carbonyl (C=O) groups excluding carboxylic acids is 1. The Morgan fingerprint density at radius 1 is 1.06 bits per heavy atom. The van der Waals surface area contributed by atoms with Gasteiger partial charge in [0.05, 0.1) is 41.4 Å². The molecule has 246 valence electrons. The zero-order chi connectivity index (χ0) is 33.3. The third kappa shape index (κ3) is 9.24. The number of methoxy groups -OCH3 is 1. The molecule has 1 saturated carbocycles. The molecule has 3 aromatic carbocycles. The first-order valence-electron chi connectivity index (χ1n) is 16.3. The molecule has 5 rings (SSSR count). The SMILES string of the molecule is COc1cc(Cl)c(C(=O)N[C@H](CNC2CCC(N)CC2)Cc2ccc(C#N)cc2)cc1-c1ccc(CN[C@H](C)c2ccc(C)cc2)o1. The van der Waals surface area contributed by atoms with Crippen LogP contribution in [0.15, 0.2) is 77.2 Å². The number of nitrogens with zero attached hydrogens (tertiary/aromatic N) is 1. The van der Waals surface area contributed by atoms with Gasteiger partial charge in [-0.1, -0.05) is 53.6 Å². The first-order chi connectivity index (χ1) is 22.7. The van der Waals surface area contributed by atoms with Crippen LogP contribution >= 0.6 is 11.6 Å². The molecule has 0 aliphatic heterocycles.